The topological polar surface area (TPSA) is 43.9 Å². The van der Waals surface area contributed by atoms with Crippen molar-refractivity contribution < 1.29 is 9.59 Å². The minimum Gasteiger partial charge on any atom is -0.368 e. The lowest BCUT2D eigenvalue weighted by Crippen LogP contribution is -2.49. The number of amides is 2. The number of fused-ring (bicyclic) bond motifs is 1. The summed E-state index contributed by atoms with van der Waals surface area (Å²) in [6.45, 7) is 5.79. The van der Waals surface area contributed by atoms with Crippen LogP contribution in [0.5, 0.6) is 0 Å². The maximum Gasteiger partial charge on any atom is 0.253 e. The molecule has 0 bridgehead atoms. The Labute approximate surface area is 182 Å². The number of halogens is 1. The van der Waals surface area contributed by atoms with E-state index in [0.29, 0.717) is 13.1 Å². The van der Waals surface area contributed by atoms with Gasteiger partial charge in [0.25, 0.3) is 5.91 Å². The molecule has 0 N–H and O–H groups in total. The highest BCUT2D eigenvalue weighted by molar-refractivity contribution is 6.30. The number of benzene rings is 2. The van der Waals surface area contributed by atoms with Crippen molar-refractivity contribution in [1.29, 1.82) is 0 Å². The maximum absolute atomic E-state index is 13.1. The van der Waals surface area contributed by atoms with Gasteiger partial charge in [0.2, 0.25) is 5.91 Å². The maximum atomic E-state index is 13.1. The molecule has 0 atom stereocenters. The van der Waals surface area contributed by atoms with Crippen LogP contribution in [0.25, 0.3) is 0 Å². The monoisotopic (exact) mass is 423 g/mol. The fourth-order valence-corrected chi connectivity index (χ4v) is 4.74. The van der Waals surface area contributed by atoms with Crippen LogP contribution in [0, 0.1) is 12.8 Å². The Morgan fingerprint density at radius 3 is 2.43 bits per heavy atom. The number of rotatable bonds is 3. The van der Waals surface area contributed by atoms with Gasteiger partial charge in [-0.15, -0.1) is 0 Å². The van der Waals surface area contributed by atoms with Gasteiger partial charge < -0.3 is 14.7 Å². The molecule has 2 amide bonds. The summed E-state index contributed by atoms with van der Waals surface area (Å²) in [7, 11) is 0. The predicted molar refractivity (Wildman–Crippen MR) is 120 cm³/mol. The molecule has 0 aromatic heterocycles. The Hall–Kier alpha value is -2.53. The lowest BCUT2D eigenvalue weighted by Gasteiger charge is -2.37. The molecule has 5 nitrogen and oxygen atoms in total. The van der Waals surface area contributed by atoms with E-state index >= 15 is 0 Å². The van der Waals surface area contributed by atoms with E-state index in [9.17, 15) is 9.59 Å². The standard InChI is InChI=1S/C24H26ClN3O2/c1-16-2-6-20(25)15-22(16)26-10-12-27(13-11-26)23(29)19-5-7-21-18(14-19)8-9-28(21)24(30)17-3-4-17/h2,5-7,14-15,17H,3-4,8-13H2,1H3. The van der Waals surface area contributed by atoms with Gasteiger partial charge in [0, 0.05) is 60.6 Å². The molecule has 1 saturated carbocycles. The van der Waals surface area contributed by atoms with Crippen LogP contribution in [-0.2, 0) is 11.2 Å². The van der Waals surface area contributed by atoms with Gasteiger partial charge in [0.05, 0.1) is 0 Å². The van der Waals surface area contributed by atoms with Crippen LogP contribution in [0.2, 0.25) is 5.02 Å². The van der Waals surface area contributed by atoms with Gasteiger partial charge >= 0.3 is 0 Å². The Morgan fingerprint density at radius 1 is 0.933 bits per heavy atom. The highest BCUT2D eigenvalue weighted by atomic mass is 35.5. The van der Waals surface area contributed by atoms with Crippen LogP contribution in [0.4, 0.5) is 11.4 Å². The fraction of sp³-hybridized carbons (Fsp3) is 0.417. The van der Waals surface area contributed by atoms with Crippen molar-refractivity contribution in [3.05, 3.63) is 58.1 Å². The number of carbonyl (C=O) groups is 2. The lowest BCUT2D eigenvalue weighted by molar-refractivity contribution is -0.119. The second-order valence-corrected chi connectivity index (χ2v) is 9.00. The van der Waals surface area contributed by atoms with Gasteiger partial charge in [-0.1, -0.05) is 17.7 Å². The van der Waals surface area contributed by atoms with E-state index in [2.05, 4.69) is 11.8 Å². The summed E-state index contributed by atoms with van der Waals surface area (Å²) in [5, 5.41) is 0.737. The molecule has 6 heteroatoms. The van der Waals surface area contributed by atoms with Crippen molar-refractivity contribution >= 4 is 34.8 Å². The molecule has 2 aliphatic heterocycles. The van der Waals surface area contributed by atoms with E-state index < -0.39 is 0 Å². The summed E-state index contributed by atoms with van der Waals surface area (Å²) < 4.78 is 0. The molecule has 1 saturated heterocycles. The van der Waals surface area contributed by atoms with E-state index in [1.54, 1.807) is 0 Å². The van der Waals surface area contributed by atoms with Gasteiger partial charge in [-0.05, 0) is 67.6 Å². The van der Waals surface area contributed by atoms with Crippen molar-refractivity contribution in [3.63, 3.8) is 0 Å². The highest BCUT2D eigenvalue weighted by Crippen LogP contribution is 2.37. The lowest BCUT2D eigenvalue weighted by atomic mass is 10.1. The second-order valence-electron chi connectivity index (χ2n) is 8.57. The van der Waals surface area contributed by atoms with Crippen molar-refractivity contribution in [2.75, 3.05) is 42.5 Å². The summed E-state index contributed by atoms with van der Waals surface area (Å²) in [6, 6.07) is 11.8. The summed E-state index contributed by atoms with van der Waals surface area (Å²) in [6.07, 6.45) is 2.86. The SMILES string of the molecule is Cc1ccc(Cl)cc1N1CCN(C(=O)c2ccc3c(c2)CCN3C(=O)C2CC2)CC1. The summed E-state index contributed by atoms with van der Waals surface area (Å²) in [5.74, 6) is 0.546. The van der Waals surface area contributed by atoms with Crippen LogP contribution < -0.4 is 9.80 Å². The number of carbonyl (C=O) groups excluding carboxylic acids is 2. The average Bonchev–Trinajstić information content (AvgIpc) is 3.53. The molecular formula is C24H26ClN3O2. The zero-order valence-corrected chi connectivity index (χ0v) is 18.0. The van der Waals surface area contributed by atoms with Crippen LogP contribution in [-0.4, -0.2) is 49.4 Å². The van der Waals surface area contributed by atoms with Crippen molar-refractivity contribution in [2.24, 2.45) is 5.92 Å². The molecule has 30 heavy (non-hydrogen) atoms. The molecule has 2 fully saturated rings. The third kappa shape index (κ3) is 3.56. The van der Waals surface area contributed by atoms with Crippen molar-refractivity contribution in [3.8, 4) is 0 Å². The zero-order valence-electron chi connectivity index (χ0n) is 17.2. The first kappa shape index (κ1) is 19.4. The van der Waals surface area contributed by atoms with E-state index in [-0.39, 0.29) is 17.7 Å². The minimum absolute atomic E-state index is 0.0761. The van der Waals surface area contributed by atoms with E-state index in [1.807, 2.05) is 46.2 Å². The molecule has 156 valence electrons. The highest BCUT2D eigenvalue weighted by Gasteiger charge is 2.36. The molecule has 5 rings (SSSR count). The Morgan fingerprint density at radius 2 is 1.70 bits per heavy atom. The summed E-state index contributed by atoms with van der Waals surface area (Å²) in [5.41, 5.74) is 5.17. The Balaban J connectivity index is 1.26. The first-order chi connectivity index (χ1) is 14.5. The minimum atomic E-state index is 0.0761. The first-order valence-corrected chi connectivity index (χ1v) is 11.1. The van der Waals surface area contributed by atoms with Gasteiger partial charge in [0.1, 0.15) is 0 Å². The molecule has 0 radical (unpaired) electrons. The van der Waals surface area contributed by atoms with Gasteiger partial charge in [-0.3, -0.25) is 9.59 Å². The molecule has 0 spiro atoms. The summed E-state index contributed by atoms with van der Waals surface area (Å²) in [4.78, 5) is 31.7. The first-order valence-electron chi connectivity index (χ1n) is 10.8. The molecule has 1 aliphatic carbocycles. The van der Waals surface area contributed by atoms with Crippen LogP contribution in [0.1, 0.15) is 34.3 Å². The largest absolute Gasteiger partial charge is 0.368 e. The number of anilines is 2. The third-order valence-electron chi connectivity index (χ3n) is 6.49. The van der Waals surface area contributed by atoms with Crippen LogP contribution in [0.3, 0.4) is 0 Å². The van der Waals surface area contributed by atoms with Gasteiger partial charge in [-0.2, -0.15) is 0 Å². The smallest absolute Gasteiger partial charge is 0.253 e. The molecule has 0 unspecified atom stereocenters. The average molecular weight is 424 g/mol. The zero-order chi connectivity index (χ0) is 20.8. The molecule has 2 aromatic carbocycles. The van der Waals surface area contributed by atoms with E-state index in [0.717, 1.165) is 66.4 Å². The predicted octanol–water partition coefficient (Wildman–Crippen LogP) is 3.91. The third-order valence-corrected chi connectivity index (χ3v) is 6.73. The Bertz CT molecular complexity index is 1010. The second kappa shape index (κ2) is 7.62. The molecule has 2 heterocycles. The number of piperazine rings is 1. The van der Waals surface area contributed by atoms with Crippen LogP contribution >= 0.6 is 11.6 Å². The van der Waals surface area contributed by atoms with E-state index in [1.165, 1.54) is 5.56 Å². The number of nitrogens with zero attached hydrogens (tertiary/aromatic N) is 3. The quantitative estimate of drug-likeness (QED) is 0.751. The Kier molecular flexibility index (Phi) is 4.94. The van der Waals surface area contributed by atoms with Gasteiger partial charge in [0.15, 0.2) is 0 Å². The summed E-state index contributed by atoms with van der Waals surface area (Å²) >= 11 is 6.18. The molecule has 3 aliphatic rings. The number of aryl methyl sites for hydroxylation is 1. The van der Waals surface area contributed by atoms with Crippen LogP contribution in [0.15, 0.2) is 36.4 Å². The normalized spacial score (nSPS) is 18.5. The van der Waals surface area contributed by atoms with E-state index in [4.69, 9.17) is 11.6 Å². The molecule has 2 aromatic rings. The van der Waals surface area contributed by atoms with Crippen molar-refractivity contribution in [1.82, 2.24) is 4.90 Å². The fourth-order valence-electron chi connectivity index (χ4n) is 4.57. The molecular weight excluding hydrogens is 398 g/mol. The van der Waals surface area contributed by atoms with Gasteiger partial charge in [-0.25, -0.2) is 0 Å². The number of hydrogen-bond donors (Lipinski definition) is 0. The number of hydrogen-bond acceptors (Lipinski definition) is 3. The van der Waals surface area contributed by atoms with Crippen molar-refractivity contribution in [2.45, 2.75) is 26.2 Å².